The molecule has 210 valence electrons. The molecule has 6 nitrogen and oxygen atoms in total. The van der Waals surface area contributed by atoms with E-state index in [9.17, 15) is 0 Å². The summed E-state index contributed by atoms with van der Waals surface area (Å²) in [6, 6.07) is 29.0. The molecule has 7 atom stereocenters. The number of nitrogens with zero attached hydrogens (tertiary/aromatic N) is 2. The van der Waals surface area contributed by atoms with Gasteiger partial charge in [-0.05, 0) is 72.2 Å². The molecule has 4 saturated heterocycles. The Kier molecular flexibility index (Phi) is 7.59. The molecular formula is C34H35N2O4P. The minimum atomic E-state index is -1.65. The Balaban J connectivity index is 1.26. The summed E-state index contributed by atoms with van der Waals surface area (Å²) in [5, 5.41) is 1.04. The molecule has 0 N–H and O–H groups in total. The largest absolute Gasteiger partial charge is 0.497 e. The SMILES string of the molecule is C=C[C@H]1CN2CC[C@H]1C[C@@H]2[C@@H](OP1O[C@H](c2ccccc2)[C@@H](c2ccccc2)O1)c1ccnc2ccc(OC)cc12. The highest BCUT2D eigenvalue weighted by Gasteiger charge is 2.47. The van der Waals surface area contributed by atoms with Crippen LogP contribution in [-0.4, -0.2) is 36.1 Å². The van der Waals surface area contributed by atoms with E-state index in [-0.39, 0.29) is 24.4 Å². The van der Waals surface area contributed by atoms with E-state index < -0.39 is 8.60 Å². The van der Waals surface area contributed by atoms with Gasteiger partial charge >= 0.3 is 8.60 Å². The van der Waals surface area contributed by atoms with Crippen LogP contribution in [0, 0.1) is 11.8 Å². The maximum Gasteiger partial charge on any atom is 0.334 e. The fourth-order valence-electron chi connectivity index (χ4n) is 6.77. The lowest BCUT2D eigenvalue weighted by molar-refractivity contribution is -0.0391. The van der Waals surface area contributed by atoms with Crippen molar-refractivity contribution in [3.05, 3.63) is 120 Å². The van der Waals surface area contributed by atoms with Crippen molar-refractivity contribution in [3.63, 3.8) is 0 Å². The third-order valence-electron chi connectivity index (χ3n) is 8.92. The Bertz CT molecular complexity index is 1460. The second kappa shape index (κ2) is 11.6. The number of pyridine rings is 1. The van der Waals surface area contributed by atoms with Gasteiger partial charge in [0.1, 0.15) is 24.1 Å². The molecule has 4 aliphatic heterocycles. The molecule has 0 spiro atoms. The maximum absolute atomic E-state index is 7.03. The Morgan fingerprint density at radius 2 is 1.68 bits per heavy atom. The summed E-state index contributed by atoms with van der Waals surface area (Å²) >= 11 is 0. The van der Waals surface area contributed by atoms with Crippen LogP contribution < -0.4 is 4.74 Å². The van der Waals surface area contributed by atoms with Crippen molar-refractivity contribution in [2.24, 2.45) is 11.8 Å². The second-order valence-electron chi connectivity index (χ2n) is 11.2. The Hall–Kier alpha value is -3.12. The molecule has 4 aromatic rings. The lowest BCUT2D eigenvalue weighted by atomic mass is 9.73. The Morgan fingerprint density at radius 3 is 2.29 bits per heavy atom. The molecule has 8 rings (SSSR count). The number of benzene rings is 3. The summed E-state index contributed by atoms with van der Waals surface area (Å²) in [6.45, 7) is 6.20. The molecular weight excluding hydrogens is 531 g/mol. The summed E-state index contributed by atoms with van der Waals surface area (Å²) < 4.78 is 26.0. The molecule has 1 aromatic heterocycles. The lowest BCUT2D eigenvalue weighted by Crippen LogP contribution is -2.55. The maximum atomic E-state index is 7.03. The van der Waals surface area contributed by atoms with Crippen LogP contribution in [-0.2, 0) is 13.6 Å². The number of aromatic nitrogens is 1. The highest BCUT2D eigenvalue weighted by molar-refractivity contribution is 7.42. The van der Waals surface area contributed by atoms with Crippen LogP contribution in [0.5, 0.6) is 5.75 Å². The first-order valence-electron chi connectivity index (χ1n) is 14.4. The van der Waals surface area contributed by atoms with Crippen molar-refractivity contribution < 1.29 is 18.3 Å². The first-order chi connectivity index (χ1) is 20.2. The molecule has 1 unspecified atom stereocenters. The zero-order chi connectivity index (χ0) is 27.8. The molecule has 7 heteroatoms. The van der Waals surface area contributed by atoms with Crippen LogP contribution in [0.15, 0.2) is 104 Å². The van der Waals surface area contributed by atoms with Crippen molar-refractivity contribution >= 4 is 19.5 Å². The molecule has 4 aliphatic rings. The van der Waals surface area contributed by atoms with Crippen LogP contribution in [0.2, 0.25) is 0 Å². The predicted octanol–water partition coefficient (Wildman–Crippen LogP) is 7.95. The summed E-state index contributed by atoms with van der Waals surface area (Å²) in [7, 11) is 0.0499. The van der Waals surface area contributed by atoms with E-state index in [0.717, 1.165) is 52.9 Å². The first kappa shape index (κ1) is 26.8. The molecule has 0 amide bonds. The van der Waals surface area contributed by atoms with E-state index in [1.165, 1.54) is 6.42 Å². The van der Waals surface area contributed by atoms with Crippen molar-refractivity contribution in [2.75, 3.05) is 20.2 Å². The van der Waals surface area contributed by atoms with Gasteiger partial charge in [-0.1, -0.05) is 66.7 Å². The van der Waals surface area contributed by atoms with Crippen LogP contribution in [0.4, 0.5) is 0 Å². The van der Waals surface area contributed by atoms with Gasteiger partial charge in [-0.25, -0.2) is 0 Å². The number of fused-ring (bicyclic) bond motifs is 4. The molecule has 0 saturated carbocycles. The predicted molar refractivity (Wildman–Crippen MR) is 161 cm³/mol. The molecule has 5 heterocycles. The zero-order valence-electron chi connectivity index (χ0n) is 23.2. The van der Waals surface area contributed by atoms with E-state index in [1.807, 2.05) is 54.7 Å². The van der Waals surface area contributed by atoms with Crippen LogP contribution in [0.1, 0.15) is 47.8 Å². The molecule has 2 bridgehead atoms. The van der Waals surface area contributed by atoms with E-state index >= 15 is 0 Å². The van der Waals surface area contributed by atoms with E-state index in [0.29, 0.717) is 11.8 Å². The van der Waals surface area contributed by atoms with E-state index in [4.69, 9.17) is 18.3 Å². The number of piperidine rings is 3. The van der Waals surface area contributed by atoms with Crippen molar-refractivity contribution in [3.8, 4) is 5.75 Å². The summed E-state index contributed by atoms with van der Waals surface area (Å²) in [6.07, 6.45) is 5.49. The highest BCUT2D eigenvalue weighted by atomic mass is 31.2. The summed E-state index contributed by atoms with van der Waals surface area (Å²) in [5.41, 5.74) is 4.18. The monoisotopic (exact) mass is 566 g/mol. The number of rotatable bonds is 8. The van der Waals surface area contributed by atoms with Crippen LogP contribution >= 0.6 is 8.60 Å². The number of ether oxygens (including phenoxy) is 1. The average Bonchev–Trinajstić information content (AvgIpc) is 3.48. The van der Waals surface area contributed by atoms with Crippen molar-refractivity contribution in [1.29, 1.82) is 0 Å². The third-order valence-corrected chi connectivity index (χ3v) is 10.1. The fourth-order valence-corrected chi connectivity index (χ4v) is 8.19. The second-order valence-corrected chi connectivity index (χ2v) is 12.2. The van der Waals surface area contributed by atoms with Crippen molar-refractivity contribution in [1.82, 2.24) is 9.88 Å². The van der Waals surface area contributed by atoms with Gasteiger partial charge in [0.25, 0.3) is 0 Å². The normalized spacial score (nSPS) is 28.5. The lowest BCUT2D eigenvalue weighted by Gasteiger charge is -2.51. The Morgan fingerprint density at radius 1 is 0.976 bits per heavy atom. The first-order valence-corrected chi connectivity index (χ1v) is 15.5. The van der Waals surface area contributed by atoms with Gasteiger partial charge < -0.3 is 18.3 Å². The average molecular weight is 567 g/mol. The molecule has 3 aromatic carbocycles. The topological polar surface area (TPSA) is 53.1 Å². The number of hydrogen-bond donors (Lipinski definition) is 0. The summed E-state index contributed by atoms with van der Waals surface area (Å²) in [5.74, 6) is 1.92. The van der Waals surface area contributed by atoms with Gasteiger partial charge in [0, 0.05) is 24.2 Å². The minimum Gasteiger partial charge on any atom is -0.497 e. The fraction of sp³-hybridized carbons (Fsp3) is 0.324. The molecule has 41 heavy (non-hydrogen) atoms. The van der Waals surface area contributed by atoms with Crippen LogP contribution in [0.3, 0.4) is 0 Å². The quantitative estimate of drug-likeness (QED) is 0.159. The minimum absolute atomic E-state index is 0.197. The molecule has 4 fully saturated rings. The summed E-state index contributed by atoms with van der Waals surface area (Å²) in [4.78, 5) is 7.24. The van der Waals surface area contributed by atoms with Gasteiger partial charge in [0.05, 0.1) is 12.6 Å². The highest BCUT2D eigenvalue weighted by Crippen LogP contribution is 2.63. The van der Waals surface area contributed by atoms with Gasteiger partial charge in [-0.3, -0.25) is 9.88 Å². The van der Waals surface area contributed by atoms with E-state index in [1.54, 1.807) is 7.11 Å². The van der Waals surface area contributed by atoms with Crippen molar-refractivity contribution in [2.45, 2.75) is 37.2 Å². The Labute approximate surface area is 242 Å². The van der Waals surface area contributed by atoms with Gasteiger partial charge in [-0.2, -0.15) is 0 Å². The zero-order valence-corrected chi connectivity index (χ0v) is 24.1. The molecule has 0 radical (unpaired) electrons. The molecule has 0 aliphatic carbocycles. The van der Waals surface area contributed by atoms with Crippen LogP contribution in [0.25, 0.3) is 10.9 Å². The smallest absolute Gasteiger partial charge is 0.334 e. The number of methoxy groups -OCH3 is 1. The van der Waals surface area contributed by atoms with Gasteiger partial charge in [0.15, 0.2) is 0 Å². The van der Waals surface area contributed by atoms with Gasteiger partial charge in [0.2, 0.25) is 0 Å². The number of hydrogen-bond acceptors (Lipinski definition) is 6. The standard InChI is InChI=1S/C34H35N2O4P/c1-3-23-22-36-19-17-26(23)20-31(36)34(28-16-18-35-30-15-14-27(37-2)21-29(28)30)40-41-38-32(24-10-6-4-7-11-24)33(39-41)25-12-8-5-9-13-25/h3-16,18,21,23,26,31-34H,1,17,19-20,22H2,2H3/t23-,26-,31+,32+,33+,34-/m0/s1. The van der Waals surface area contributed by atoms with Gasteiger partial charge in [-0.15, -0.1) is 6.58 Å². The van der Waals surface area contributed by atoms with E-state index in [2.05, 4.69) is 58.9 Å². The third kappa shape index (κ3) is 5.20.